The zero-order valence-corrected chi connectivity index (χ0v) is 13.5. The molecule has 2 rings (SSSR count). The second-order valence-corrected chi connectivity index (χ2v) is 6.09. The van der Waals surface area contributed by atoms with Crippen molar-refractivity contribution in [3.8, 4) is 0 Å². The molecule has 1 N–H and O–H groups in total. The lowest BCUT2D eigenvalue weighted by Gasteiger charge is -2.21. The van der Waals surface area contributed by atoms with Crippen molar-refractivity contribution in [1.82, 2.24) is 5.32 Å². The van der Waals surface area contributed by atoms with Crippen molar-refractivity contribution in [3.63, 3.8) is 0 Å². The highest BCUT2D eigenvalue weighted by molar-refractivity contribution is 6.35. The number of hydrogen-bond donors (Lipinski definition) is 1. The fourth-order valence-corrected chi connectivity index (χ4v) is 2.99. The Hall–Kier alpha value is -1.09. The van der Waals surface area contributed by atoms with Gasteiger partial charge in [0.1, 0.15) is 5.82 Å². The van der Waals surface area contributed by atoms with E-state index in [-0.39, 0.29) is 17.9 Å². The first-order valence-electron chi connectivity index (χ1n) is 6.91. The van der Waals surface area contributed by atoms with E-state index < -0.39 is 0 Å². The highest BCUT2D eigenvalue weighted by Gasteiger charge is 2.14. The zero-order chi connectivity index (χ0) is 15.4. The first-order chi connectivity index (χ1) is 9.97. The normalized spacial score (nSPS) is 14.0. The smallest absolute Gasteiger partial charge is 0.126 e. The molecule has 2 unspecified atom stereocenters. The van der Waals surface area contributed by atoms with Gasteiger partial charge in [-0.25, -0.2) is 4.39 Å². The maximum Gasteiger partial charge on any atom is 0.126 e. The minimum atomic E-state index is -0.164. The average molecular weight is 326 g/mol. The molecule has 0 radical (unpaired) electrons. The molecule has 112 valence electrons. The summed E-state index contributed by atoms with van der Waals surface area (Å²) < 4.78 is 13.7. The van der Waals surface area contributed by atoms with Crippen LogP contribution in [0.3, 0.4) is 0 Å². The molecule has 2 aromatic rings. The first-order valence-corrected chi connectivity index (χ1v) is 7.67. The lowest BCUT2D eigenvalue weighted by Crippen LogP contribution is -2.31. The molecule has 0 heterocycles. The third-order valence-corrected chi connectivity index (χ3v) is 4.01. The summed E-state index contributed by atoms with van der Waals surface area (Å²) in [4.78, 5) is 0. The summed E-state index contributed by atoms with van der Waals surface area (Å²) in [5, 5.41) is 4.70. The van der Waals surface area contributed by atoms with Crippen LogP contribution >= 0.6 is 23.2 Å². The van der Waals surface area contributed by atoms with Gasteiger partial charge in [-0.2, -0.15) is 0 Å². The van der Waals surface area contributed by atoms with Gasteiger partial charge < -0.3 is 5.32 Å². The summed E-state index contributed by atoms with van der Waals surface area (Å²) in [7, 11) is 0. The molecule has 0 amide bonds. The van der Waals surface area contributed by atoms with E-state index in [0.717, 1.165) is 5.56 Å². The van der Waals surface area contributed by atoms with Crippen LogP contribution in [0.25, 0.3) is 0 Å². The highest BCUT2D eigenvalue weighted by atomic mass is 35.5. The topological polar surface area (TPSA) is 12.0 Å². The Bertz CT molecular complexity index is 615. The van der Waals surface area contributed by atoms with E-state index in [2.05, 4.69) is 5.32 Å². The third-order valence-electron chi connectivity index (χ3n) is 3.45. The van der Waals surface area contributed by atoms with Crippen LogP contribution in [0, 0.1) is 5.82 Å². The number of nitrogens with one attached hydrogen (secondary N) is 1. The van der Waals surface area contributed by atoms with Gasteiger partial charge in [-0.05, 0) is 49.6 Å². The molecule has 4 heteroatoms. The van der Waals surface area contributed by atoms with Gasteiger partial charge >= 0.3 is 0 Å². The predicted octanol–water partition coefficient (Wildman–Crippen LogP) is 5.41. The Morgan fingerprint density at radius 3 is 2.48 bits per heavy atom. The van der Waals surface area contributed by atoms with Crippen LogP contribution in [0.15, 0.2) is 42.5 Å². The maximum atomic E-state index is 13.7. The minimum Gasteiger partial charge on any atom is -0.307 e. The molecule has 0 aliphatic rings. The molecule has 0 aliphatic heterocycles. The van der Waals surface area contributed by atoms with Gasteiger partial charge in [0.25, 0.3) is 0 Å². The van der Waals surface area contributed by atoms with Crippen molar-refractivity contribution >= 4 is 23.2 Å². The van der Waals surface area contributed by atoms with E-state index in [0.29, 0.717) is 22.0 Å². The Kier molecular flexibility index (Phi) is 5.63. The monoisotopic (exact) mass is 325 g/mol. The van der Waals surface area contributed by atoms with E-state index in [4.69, 9.17) is 23.2 Å². The molecule has 0 saturated heterocycles. The predicted molar refractivity (Wildman–Crippen MR) is 87.6 cm³/mol. The molecular formula is C17H18Cl2FN. The summed E-state index contributed by atoms with van der Waals surface area (Å²) in [6.07, 6.45) is 0.627. The fourth-order valence-electron chi connectivity index (χ4n) is 2.42. The van der Waals surface area contributed by atoms with Crippen molar-refractivity contribution in [3.05, 3.63) is 69.5 Å². The van der Waals surface area contributed by atoms with Gasteiger partial charge in [-0.3, -0.25) is 0 Å². The Morgan fingerprint density at radius 1 is 1.10 bits per heavy atom. The van der Waals surface area contributed by atoms with Crippen LogP contribution in [-0.2, 0) is 6.42 Å². The van der Waals surface area contributed by atoms with E-state index in [1.807, 2.05) is 38.1 Å². The number of benzene rings is 2. The fraction of sp³-hybridized carbons (Fsp3) is 0.294. The SMILES string of the molecule is CC(Cc1ccccc1F)NC(C)c1ccc(Cl)cc1Cl. The molecule has 0 saturated carbocycles. The van der Waals surface area contributed by atoms with Crippen molar-refractivity contribution in [1.29, 1.82) is 0 Å². The van der Waals surface area contributed by atoms with Gasteiger partial charge in [0.2, 0.25) is 0 Å². The summed E-state index contributed by atoms with van der Waals surface area (Å²) in [5.41, 5.74) is 1.70. The van der Waals surface area contributed by atoms with Crippen LogP contribution in [0.5, 0.6) is 0 Å². The van der Waals surface area contributed by atoms with Gasteiger partial charge in [0, 0.05) is 22.1 Å². The van der Waals surface area contributed by atoms with Crippen LogP contribution in [0.1, 0.15) is 31.0 Å². The number of rotatable bonds is 5. The standard InChI is InChI=1S/C17H18Cl2FN/c1-11(9-13-5-3-4-6-17(13)20)21-12(2)15-8-7-14(18)10-16(15)19/h3-8,10-12,21H,9H2,1-2H3. The minimum absolute atomic E-state index is 0.0662. The Labute approximate surface area is 135 Å². The van der Waals surface area contributed by atoms with Crippen LogP contribution in [0.2, 0.25) is 10.0 Å². The van der Waals surface area contributed by atoms with Gasteiger partial charge in [0.05, 0.1) is 0 Å². The second kappa shape index (κ2) is 7.26. The maximum absolute atomic E-state index is 13.7. The molecule has 0 fully saturated rings. The highest BCUT2D eigenvalue weighted by Crippen LogP contribution is 2.26. The van der Waals surface area contributed by atoms with Gasteiger partial charge in [-0.15, -0.1) is 0 Å². The molecule has 2 atom stereocenters. The van der Waals surface area contributed by atoms with E-state index in [1.165, 1.54) is 6.07 Å². The van der Waals surface area contributed by atoms with Crippen LogP contribution in [0.4, 0.5) is 4.39 Å². The quantitative estimate of drug-likeness (QED) is 0.774. The molecule has 0 aromatic heterocycles. The third kappa shape index (κ3) is 4.44. The van der Waals surface area contributed by atoms with Crippen molar-refractivity contribution in [2.45, 2.75) is 32.4 Å². The average Bonchev–Trinajstić information content (AvgIpc) is 2.41. The summed E-state index contributed by atoms with van der Waals surface area (Å²) >= 11 is 12.1. The van der Waals surface area contributed by atoms with Crippen molar-refractivity contribution in [2.24, 2.45) is 0 Å². The van der Waals surface area contributed by atoms with E-state index in [1.54, 1.807) is 12.1 Å². The molecule has 0 aliphatic carbocycles. The molecular weight excluding hydrogens is 308 g/mol. The molecule has 2 aromatic carbocycles. The molecule has 0 bridgehead atoms. The lowest BCUT2D eigenvalue weighted by molar-refractivity contribution is 0.469. The summed E-state index contributed by atoms with van der Waals surface area (Å²) in [5.74, 6) is -0.164. The molecule has 0 spiro atoms. The molecule has 1 nitrogen and oxygen atoms in total. The largest absolute Gasteiger partial charge is 0.307 e. The van der Waals surface area contributed by atoms with E-state index in [9.17, 15) is 4.39 Å². The lowest BCUT2D eigenvalue weighted by atomic mass is 10.0. The van der Waals surface area contributed by atoms with Gasteiger partial charge in [-0.1, -0.05) is 47.5 Å². The summed E-state index contributed by atoms with van der Waals surface area (Å²) in [6, 6.07) is 12.5. The van der Waals surface area contributed by atoms with Crippen LogP contribution < -0.4 is 5.32 Å². The van der Waals surface area contributed by atoms with Crippen LogP contribution in [-0.4, -0.2) is 6.04 Å². The Morgan fingerprint density at radius 2 is 1.81 bits per heavy atom. The first kappa shape index (κ1) is 16.3. The summed E-state index contributed by atoms with van der Waals surface area (Å²) in [6.45, 7) is 4.07. The van der Waals surface area contributed by atoms with E-state index >= 15 is 0 Å². The second-order valence-electron chi connectivity index (χ2n) is 5.25. The number of halogens is 3. The van der Waals surface area contributed by atoms with Crippen molar-refractivity contribution < 1.29 is 4.39 Å². The van der Waals surface area contributed by atoms with Crippen molar-refractivity contribution in [2.75, 3.05) is 0 Å². The Balaban J connectivity index is 2.02. The molecule has 21 heavy (non-hydrogen) atoms. The zero-order valence-electron chi connectivity index (χ0n) is 12.0. The number of hydrogen-bond acceptors (Lipinski definition) is 1. The van der Waals surface area contributed by atoms with Gasteiger partial charge in [0.15, 0.2) is 0 Å².